The SMILES string of the molecule is Cc1ccc(-c2nc(C(=O)Nc3ccc(C)c(C)c3)nn2-c2ccccc2)cc1. The number of nitrogens with one attached hydrogen (secondary N) is 1. The summed E-state index contributed by atoms with van der Waals surface area (Å²) >= 11 is 0. The molecule has 1 amide bonds. The van der Waals surface area contributed by atoms with Gasteiger partial charge in [-0.3, -0.25) is 4.79 Å². The molecule has 3 aromatic carbocycles. The summed E-state index contributed by atoms with van der Waals surface area (Å²) in [4.78, 5) is 17.4. The zero-order valence-electron chi connectivity index (χ0n) is 16.7. The highest BCUT2D eigenvalue weighted by Gasteiger charge is 2.19. The van der Waals surface area contributed by atoms with Gasteiger partial charge in [0.05, 0.1) is 5.69 Å². The molecule has 0 spiro atoms. The molecule has 4 rings (SSSR count). The largest absolute Gasteiger partial charge is 0.319 e. The van der Waals surface area contributed by atoms with Crippen molar-refractivity contribution in [1.29, 1.82) is 0 Å². The Morgan fingerprint density at radius 1 is 0.862 bits per heavy atom. The minimum absolute atomic E-state index is 0.127. The molecule has 0 radical (unpaired) electrons. The maximum absolute atomic E-state index is 12.8. The Morgan fingerprint density at radius 3 is 2.28 bits per heavy atom. The number of hydrogen-bond donors (Lipinski definition) is 1. The van der Waals surface area contributed by atoms with E-state index >= 15 is 0 Å². The van der Waals surface area contributed by atoms with Gasteiger partial charge in [0, 0.05) is 11.3 Å². The van der Waals surface area contributed by atoms with Gasteiger partial charge in [0.1, 0.15) is 0 Å². The molecule has 0 bridgehead atoms. The van der Waals surface area contributed by atoms with Crippen LogP contribution in [0, 0.1) is 20.8 Å². The van der Waals surface area contributed by atoms with E-state index in [0.717, 1.165) is 28.1 Å². The van der Waals surface area contributed by atoms with Gasteiger partial charge in [-0.25, -0.2) is 9.67 Å². The Labute approximate surface area is 170 Å². The van der Waals surface area contributed by atoms with E-state index in [4.69, 9.17) is 0 Å². The van der Waals surface area contributed by atoms with E-state index in [2.05, 4.69) is 15.4 Å². The maximum atomic E-state index is 12.8. The third-order valence-corrected chi connectivity index (χ3v) is 4.89. The molecular weight excluding hydrogens is 360 g/mol. The second-order valence-corrected chi connectivity index (χ2v) is 7.13. The van der Waals surface area contributed by atoms with Gasteiger partial charge < -0.3 is 5.32 Å². The van der Waals surface area contributed by atoms with Crippen molar-refractivity contribution in [2.45, 2.75) is 20.8 Å². The number of benzene rings is 3. The molecule has 5 heteroatoms. The lowest BCUT2D eigenvalue weighted by Gasteiger charge is -2.06. The zero-order chi connectivity index (χ0) is 20.4. The van der Waals surface area contributed by atoms with Crippen LogP contribution in [0.15, 0.2) is 72.8 Å². The number of nitrogens with zero attached hydrogens (tertiary/aromatic N) is 3. The number of anilines is 1. The summed E-state index contributed by atoms with van der Waals surface area (Å²) in [5.41, 5.74) is 5.93. The van der Waals surface area contributed by atoms with E-state index in [-0.39, 0.29) is 11.7 Å². The summed E-state index contributed by atoms with van der Waals surface area (Å²) in [5, 5.41) is 7.41. The second kappa shape index (κ2) is 7.72. The molecule has 144 valence electrons. The van der Waals surface area contributed by atoms with Crippen LogP contribution in [0.2, 0.25) is 0 Å². The molecule has 4 aromatic rings. The van der Waals surface area contributed by atoms with Crippen molar-refractivity contribution in [3.05, 3.63) is 95.3 Å². The number of carbonyl (C=O) groups excluding carboxylic acids is 1. The van der Waals surface area contributed by atoms with E-state index in [1.54, 1.807) is 4.68 Å². The molecular formula is C24H22N4O. The topological polar surface area (TPSA) is 59.8 Å². The first-order chi connectivity index (χ1) is 14.0. The standard InChI is InChI=1S/C24H22N4O/c1-16-9-12-19(13-10-16)23-26-22(27-28(23)21-7-5-4-6-8-21)24(29)25-20-14-11-17(2)18(3)15-20/h4-15H,1-3H3,(H,25,29). The Kier molecular flexibility index (Phi) is 4.96. The normalized spacial score (nSPS) is 10.7. The second-order valence-electron chi connectivity index (χ2n) is 7.13. The molecule has 1 heterocycles. The van der Waals surface area contributed by atoms with Crippen molar-refractivity contribution >= 4 is 11.6 Å². The molecule has 5 nitrogen and oxygen atoms in total. The number of hydrogen-bond acceptors (Lipinski definition) is 3. The quantitative estimate of drug-likeness (QED) is 0.533. The monoisotopic (exact) mass is 382 g/mol. The maximum Gasteiger partial charge on any atom is 0.295 e. The molecule has 0 saturated carbocycles. The number of amides is 1. The van der Waals surface area contributed by atoms with Crippen molar-refractivity contribution in [2.24, 2.45) is 0 Å². The van der Waals surface area contributed by atoms with Crippen LogP contribution < -0.4 is 5.32 Å². The van der Waals surface area contributed by atoms with Crippen molar-refractivity contribution in [3.63, 3.8) is 0 Å². The fourth-order valence-corrected chi connectivity index (χ4v) is 3.05. The van der Waals surface area contributed by atoms with Gasteiger partial charge in [0.15, 0.2) is 5.82 Å². The van der Waals surface area contributed by atoms with E-state index in [9.17, 15) is 4.79 Å². The molecule has 0 unspecified atom stereocenters. The van der Waals surface area contributed by atoms with E-state index in [0.29, 0.717) is 5.82 Å². The minimum atomic E-state index is -0.337. The Bertz CT molecular complexity index is 1160. The molecule has 1 N–H and O–H groups in total. The van der Waals surface area contributed by atoms with Crippen LogP contribution in [0.1, 0.15) is 27.3 Å². The van der Waals surface area contributed by atoms with E-state index in [1.165, 1.54) is 5.56 Å². The van der Waals surface area contributed by atoms with Gasteiger partial charge in [0.25, 0.3) is 5.91 Å². The highest BCUT2D eigenvalue weighted by Crippen LogP contribution is 2.22. The molecule has 0 saturated heterocycles. The lowest BCUT2D eigenvalue weighted by Crippen LogP contribution is -2.14. The van der Waals surface area contributed by atoms with Gasteiger partial charge in [-0.05, 0) is 56.2 Å². The van der Waals surface area contributed by atoms with Crippen LogP contribution in [0.4, 0.5) is 5.69 Å². The fourth-order valence-electron chi connectivity index (χ4n) is 3.05. The van der Waals surface area contributed by atoms with Crippen molar-refractivity contribution in [1.82, 2.24) is 14.8 Å². The Morgan fingerprint density at radius 2 is 1.59 bits per heavy atom. The average molecular weight is 382 g/mol. The van der Waals surface area contributed by atoms with Gasteiger partial charge in [-0.15, -0.1) is 5.10 Å². The first-order valence-corrected chi connectivity index (χ1v) is 9.49. The van der Waals surface area contributed by atoms with Crippen LogP contribution >= 0.6 is 0 Å². The van der Waals surface area contributed by atoms with Gasteiger partial charge in [-0.2, -0.15) is 0 Å². The summed E-state index contributed by atoms with van der Waals surface area (Å²) in [5.74, 6) is 0.417. The number of para-hydroxylation sites is 1. The molecule has 1 aromatic heterocycles. The molecule has 0 atom stereocenters. The molecule has 0 aliphatic heterocycles. The Balaban J connectivity index is 1.73. The van der Waals surface area contributed by atoms with Gasteiger partial charge in [-0.1, -0.05) is 54.1 Å². The van der Waals surface area contributed by atoms with Crippen molar-refractivity contribution < 1.29 is 4.79 Å². The fraction of sp³-hybridized carbons (Fsp3) is 0.125. The lowest BCUT2D eigenvalue weighted by molar-refractivity contribution is 0.101. The summed E-state index contributed by atoms with van der Waals surface area (Å²) in [6.07, 6.45) is 0. The molecule has 0 fully saturated rings. The lowest BCUT2D eigenvalue weighted by atomic mass is 10.1. The van der Waals surface area contributed by atoms with Gasteiger partial charge in [0.2, 0.25) is 5.82 Å². The highest BCUT2D eigenvalue weighted by atomic mass is 16.2. The number of aromatic nitrogens is 3. The average Bonchev–Trinajstić information content (AvgIpc) is 3.18. The number of carbonyl (C=O) groups is 1. The molecule has 0 aliphatic carbocycles. The highest BCUT2D eigenvalue weighted by molar-refractivity contribution is 6.01. The smallest absolute Gasteiger partial charge is 0.295 e. The van der Waals surface area contributed by atoms with Crippen molar-refractivity contribution in [3.8, 4) is 17.1 Å². The third kappa shape index (κ3) is 3.94. The summed E-state index contributed by atoms with van der Waals surface area (Å²) in [7, 11) is 0. The molecule has 0 aliphatic rings. The molecule has 29 heavy (non-hydrogen) atoms. The number of rotatable bonds is 4. The first-order valence-electron chi connectivity index (χ1n) is 9.49. The van der Waals surface area contributed by atoms with Crippen LogP contribution in [-0.2, 0) is 0 Å². The van der Waals surface area contributed by atoms with E-state index < -0.39 is 0 Å². The van der Waals surface area contributed by atoms with Gasteiger partial charge >= 0.3 is 0 Å². The van der Waals surface area contributed by atoms with Crippen LogP contribution in [0.3, 0.4) is 0 Å². The van der Waals surface area contributed by atoms with Crippen LogP contribution in [0.5, 0.6) is 0 Å². The predicted octanol–water partition coefficient (Wildman–Crippen LogP) is 5.11. The third-order valence-electron chi connectivity index (χ3n) is 4.89. The minimum Gasteiger partial charge on any atom is -0.319 e. The van der Waals surface area contributed by atoms with Crippen molar-refractivity contribution in [2.75, 3.05) is 5.32 Å². The van der Waals surface area contributed by atoms with Crippen LogP contribution in [0.25, 0.3) is 17.1 Å². The summed E-state index contributed by atoms with van der Waals surface area (Å²) in [6.45, 7) is 6.09. The van der Waals surface area contributed by atoms with Crippen LogP contribution in [-0.4, -0.2) is 20.7 Å². The summed E-state index contributed by atoms with van der Waals surface area (Å²) < 4.78 is 1.71. The summed E-state index contributed by atoms with van der Waals surface area (Å²) in [6, 6.07) is 23.5. The first kappa shape index (κ1) is 18.6. The predicted molar refractivity (Wildman–Crippen MR) is 115 cm³/mol. The zero-order valence-corrected chi connectivity index (χ0v) is 16.7. The Hall–Kier alpha value is -3.73. The van der Waals surface area contributed by atoms with E-state index in [1.807, 2.05) is 93.6 Å². The number of aryl methyl sites for hydroxylation is 3.